The SMILES string of the molecule is CC1CCCCC1.Cc1ncc2cc(Sc3ccccc3)c(=O)n(C)c2n1. The lowest BCUT2D eigenvalue weighted by Gasteiger charge is -2.15. The zero-order chi connectivity index (χ0) is 19.2. The van der Waals surface area contributed by atoms with Crippen molar-refractivity contribution in [2.45, 2.75) is 55.7 Å². The average Bonchev–Trinajstić information content (AvgIpc) is 2.68. The van der Waals surface area contributed by atoms with E-state index in [-0.39, 0.29) is 5.56 Å². The van der Waals surface area contributed by atoms with Crippen molar-refractivity contribution < 1.29 is 0 Å². The van der Waals surface area contributed by atoms with Gasteiger partial charge in [0.25, 0.3) is 5.56 Å². The van der Waals surface area contributed by atoms with Crippen LogP contribution in [-0.2, 0) is 7.05 Å². The molecule has 2 aromatic heterocycles. The topological polar surface area (TPSA) is 47.8 Å². The van der Waals surface area contributed by atoms with Gasteiger partial charge in [-0.3, -0.25) is 9.36 Å². The monoisotopic (exact) mass is 381 g/mol. The maximum absolute atomic E-state index is 12.4. The molecule has 0 amide bonds. The van der Waals surface area contributed by atoms with Crippen molar-refractivity contribution in [2.75, 3.05) is 0 Å². The van der Waals surface area contributed by atoms with Gasteiger partial charge in [-0.1, -0.05) is 69.0 Å². The standard InChI is InChI=1S/C15H13N3OS.C7H14/c1-10-16-9-11-8-13(15(19)18(2)14(11)17-10)20-12-6-4-3-5-7-12;1-7-5-3-2-4-6-7/h3-9H,1-2H3;7H,2-6H2,1H3. The van der Waals surface area contributed by atoms with Crippen LogP contribution in [0.5, 0.6) is 0 Å². The van der Waals surface area contributed by atoms with E-state index < -0.39 is 0 Å². The highest BCUT2D eigenvalue weighted by atomic mass is 32.2. The minimum atomic E-state index is -0.0375. The largest absolute Gasteiger partial charge is 0.295 e. The molecule has 0 bridgehead atoms. The van der Waals surface area contributed by atoms with Crippen LogP contribution < -0.4 is 5.56 Å². The molecule has 3 aromatic rings. The zero-order valence-electron chi connectivity index (χ0n) is 16.3. The van der Waals surface area contributed by atoms with Gasteiger partial charge >= 0.3 is 0 Å². The van der Waals surface area contributed by atoms with Crippen LogP contribution in [0, 0.1) is 12.8 Å². The smallest absolute Gasteiger partial charge is 0.265 e. The maximum atomic E-state index is 12.4. The maximum Gasteiger partial charge on any atom is 0.265 e. The fraction of sp³-hybridized carbons (Fsp3) is 0.409. The van der Waals surface area contributed by atoms with Gasteiger partial charge in [0.15, 0.2) is 0 Å². The van der Waals surface area contributed by atoms with E-state index in [1.165, 1.54) is 43.9 Å². The van der Waals surface area contributed by atoms with E-state index in [0.717, 1.165) is 16.2 Å². The van der Waals surface area contributed by atoms with Crippen molar-refractivity contribution in [2.24, 2.45) is 13.0 Å². The first-order valence-corrected chi connectivity index (χ1v) is 10.4. The molecule has 0 N–H and O–H groups in total. The van der Waals surface area contributed by atoms with Crippen LogP contribution in [0.3, 0.4) is 0 Å². The number of hydrogen-bond donors (Lipinski definition) is 0. The molecular formula is C22H27N3OS. The van der Waals surface area contributed by atoms with Crippen LogP contribution in [0.25, 0.3) is 11.0 Å². The number of aryl methyl sites for hydroxylation is 2. The van der Waals surface area contributed by atoms with Crippen molar-refractivity contribution in [3.05, 3.63) is 58.8 Å². The lowest BCUT2D eigenvalue weighted by atomic mass is 9.91. The molecule has 27 heavy (non-hydrogen) atoms. The number of fused-ring (bicyclic) bond motifs is 1. The molecule has 1 aromatic carbocycles. The van der Waals surface area contributed by atoms with Gasteiger partial charge in [0.1, 0.15) is 11.5 Å². The normalized spacial score (nSPS) is 14.6. The second-order valence-corrected chi connectivity index (χ2v) is 8.34. The summed E-state index contributed by atoms with van der Waals surface area (Å²) < 4.78 is 1.58. The first-order chi connectivity index (χ1) is 13.0. The first-order valence-electron chi connectivity index (χ1n) is 9.61. The molecule has 5 heteroatoms. The Kier molecular flexibility index (Phi) is 6.67. The Balaban J connectivity index is 0.000000253. The summed E-state index contributed by atoms with van der Waals surface area (Å²) >= 11 is 1.46. The summed E-state index contributed by atoms with van der Waals surface area (Å²) in [5, 5.41) is 0.871. The van der Waals surface area contributed by atoms with Crippen LogP contribution in [0.2, 0.25) is 0 Å². The Morgan fingerprint density at radius 1 is 1.11 bits per heavy atom. The molecule has 4 rings (SSSR count). The predicted molar refractivity (Wildman–Crippen MR) is 112 cm³/mol. The number of nitrogens with zero attached hydrogens (tertiary/aromatic N) is 3. The molecule has 0 saturated heterocycles. The minimum absolute atomic E-state index is 0.0375. The summed E-state index contributed by atoms with van der Waals surface area (Å²) in [5.74, 6) is 1.70. The molecular weight excluding hydrogens is 354 g/mol. The molecule has 2 heterocycles. The third kappa shape index (κ3) is 5.19. The lowest BCUT2D eigenvalue weighted by molar-refractivity contribution is 0.385. The number of benzene rings is 1. The second-order valence-electron chi connectivity index (χ2n) is 7.23. The summed E-state index contributed by atoms with van der Waals surface area (Å²) in [6, 6.07) is 11.7. The van der Waals surface area contributed by atoms with E-state index in [0.29, 0.717) is 16.4 Å². The van der Waals surface area contributed by atoms with Crippen molar-refractivity contribution in [1.82, 2.24) is 14.5 Å². The summed E-state index contributed by atoms with van der Waals surface area (Å²) in [4.78, 5) is 22.6. The fourth-order valence-corrected chi connectivity index (χ4v) is 4.25. The highest BCUT2D eigenvalue weighted by Gasteiger charge is 2.10. The quantitative estimate of drug-likeness (QED) is 0.598. The number of aromatic nitrogens is 3. The molecule has 0 aliphatic heterocycles. The van der Waals surface area contributed by atoms with Crippen LogP contribution in [0.1, 0.15) is 44.9 Å². The van der Waals surface area contributed by atoms with Gasteiger partial charge < -0.3 is 0 Å². The molecule has 4 nitrogen and oxygen atoms in total. The van der Waals surface area contributed by atoms with Crippen molar-refractivity contribution in [1.29, 1.82) is 0 Å². The highest BCUT2D eigenvalue weighted by Crippen LogP contribution is 2.26. The molecule has 0 radical (unpaired) electrons. The molecule has 0 unspecified atom stereocenters. The Morgan fingerprint density at radius 2 is 1.81 bits per heavy atom. The van der Waals surface area contributed by atoms with Gasteiger partial charge in [-0.2, -0.15) is 0 Å². The summed E-state index contributed by atoms with van der Waals surface area (Å²) in [6.07, 6.45) is 9.19. The van der Waals surface area contributed by atoms with Crippen LogP contribution in [-0.4, -0.2) is 14.5 Å². The van der Waals surface area contributed by atoms with E-state index in [2.05, 4.69) is 16.9 Å². The third-order valence-electron chi connectivity index (χ3n) is 4.90. The van der Waals surface area contributed by atoms with Gasteiger partial charge in [0, 0.05) is 23.5 Å². The Labute approximate surface area is 165 Å². The van der Waals surface area contributed by atoms with E-state index in [1.54, 1.807) is 17.8 Å². The number of rotatable bonds is 2. The Hall–Kier alpha value is -2.14. The van der Waals surface area contributed by atoms with Crippen molar-refractivity contribution >= 4 is 22.8 Å². The van der Waals surface area contributed by atoms with Gasteiger partial charge in [0.2, 0.25) is 0 Å². The van der Waals surface area contributed by atoms with Crippen LogP contribution in [0.15, 0.2) is 57.2 Å². The minimum Gasteiger partial charge on any atom is -0.295 e. The molecule has 1 fully saturated rings. The molecule has 0 atom stereocenters. The van der Waals surface area contributed by atoms with Gasteiger partial charge in [-0.15, -0.1) is 0 Å². The summed E-state index contributed by atoms with van der Waals surface area (Å²) in [7, 11) is 1.74. The van der Waals surface area contributed by atoms with Crippen molar-refractivity contribution in [3.8, 4) is 0 Å². The molecule has 1 saturated carbocycles. The zero-order valence-corrected chi connectivity index (χ0v) is 17.1. The molecule has 1 aliphatic rings. The van der Waals surface area contributed by atoms with Crippen molar-refractivity contribution in [3.63, 3.8) is 0 Å². The summed E-state index contributed by atoms with van der Waals surface area (Å²) in [5.41, 5.74) is 0.629. The lowest BCUT2D eigenvalue weighted by Crippen LogP contribution is -2.19. The van der Waals surface area contributed by atoms with E-state index in [4.69, 9.17) is 0 Å². The third-order valence-corrected chi connectivity index (χ3v) is 5.92. The van der Waals surface area contributed by atoms with Crippen LogP contribution >= 0.6 is 11.8 Å². The Morgan fingerprint density at radius 3 is 2.44 bits per heavy atom. The first kappa shape index (κ1) is 19.6. The number of hydrogen-bond acceptors (Lipinski definition) is 4. The van der Waals surface area contributed by atoms with E-state index in [1.807, 2.05) is 43.3 Å². The van der Waals surface area contributed by atoms with E-state index >= 15 is 0 Å². The fourth-order valence-electron chi connectivity index (χ4n) is 3.30. The number of pyridine rings is 1. The average molecular weight is 382 g/mol. The second kappa shape index (κ2) is 9.18. The van der Waals surface area contributed by atoms with Gasteiger partial charge in [-0.05, 0) is 31.0 Å². The highest BCUT2D eigenvalue weighted by molar-refractivity contribution is 7.99. The molecule has 142 valence electrons. The molecule has 0 spiro atoms. The van der Waals surface area contributed by atoms with Gasteiger partial charge in [-0.25, -0.2) is 9.97 Å². The van der Waals surface area contributed by atoms with Gasteiger partial charge in [0.05, 0.1) is 4.90 Å². The predicted octanol–water partition coefficient (Wildman–Crippen LogP) is 5.37. The molecule has 1 aliphatic carbocycles. The summed E-state index contributed by atoms with van der Waals surface area (Å²) in [6.45, 7) is 4.18. The van der Waals surface area contributed by atoms with E-state index in [9.17, 15) is 4.79 Å². The van der Waals surface area contributed by atoms with Crippen LogP contribution in [0.4, 0.5) is 0 Å². The Bertz CT molecular complexity index is 947.